The van der Waals surface area contributed by atoms with Crippen LogP contribution in [0, 0.1) is 0 Å². The molecule has 19 heavy (non-hydrogen) atoms. The van der Waals surface area contributed by atoms with E-state index in [0.29, 0.717) is 0 Å². The van der Waals surface area contributed by atoms with Crippen molar-refractivity contribution in [2.45, 2.75) is 26.3 Å². The second-order valence-electron chi connectivity index (χ2n) is 4.34. The Hall–Kier alpha value is -1.81. The van der Waals surface area contributed by atoms with Crippen molar-refractivity contribution < 1.29 is 9.90 Å². The average Bonchev–Trinajstić information content (AvgIpc) is 2.84. The molecule has 0 amide bonds. The number of thiophene rings is 1. The van der Waals surface area contributed by atoms with E-state index >= 15 is 0 Å². The molecule has 0 saturated heterocycles. The number of aliphatic carboxylic acids is 1. The van der Waals surface area contributed by atoms with Crippen LogP contribution in [0.3, 0.4) is 0 Å². The number of rotatable bonds is 6. The molecule has 100 valence electrons. The van der Waals surface area contributed by atoms with Crippen molar-refractivity contribution in [1.82, 2.24) is 0 Å². The molecule has 2 aromatic rings. The van der Waals surface area contributed by atoms with Crippen LogP contribution in [0.5, 0.6) is 0 Å². The van der Waals surface area contributed by atoms with Crippen LogP contribution in [-0.2, 0) is 24.2 Å². The molecule has 0 spiro atoms. The zero-order chi connectivity index (χ0) is 13.7. The Bertz CT molecular complexity index is 546. The van der Waals surface area contributed by atoms with Crippen molar-refractivity contribution in [3.05, 3.63) is 51.7 Å². The molecule has 0 radical (unpaired) electrons. The van der Waals surface area contributed by atoms with Crippen LogP contribution < -0.4 is 5.32 Å². The quantitative estimate of drug-likeness (QED) is 0.847. The molecule has 2 rings (SSSR count). The topological polar surface area (TPSA) is 49.3 Å². The number of carboxylic acids is 1. The largest absolute Gasteiger partial charge is 0.481 e. The molecule has 2 N–H and O–H groups in total. The summed E-state index contributed by atoms with van der Waals surface area (Å²) in [6.45, 7) is 2.87. The predicted molar refractivity (Wildman–Crippen MR) is 78.8 cm³/mol. The molecule has 3 nitrogen and oxygen atoms in total. The molecule has 0 aliphatic carbocycles. The number of anilines is 1. The summed E-state index contributed by atoms with van der Waals surface area (Å²) in [4.78, 5) is 12.7. The van der Waals surface area contributed by atoms with Crippen LogP contribution >= 0.6 is 11.3 Å². The number of hydrogen-bond donors (Lipinski definition) is 2. The fraction of sp³-hybridized carbons (Fsp3) is 0.267. The molecule has 0 unspecified atom stereocenters. The molecule has 0 atom stereocenters. The first-order valence-electron chi connectivity index (χ1n) is 6.29. The maximum Gasteiger partial charge on any atom is 0.308 e. The minimum absolute atomic E-state index is 0.107. The lowest BCUT2D eigenvalue weighted by Gasteiger charge is -2.05. The highest BCUT2D eigenvalue weighted by Gasteiger charge is 2.04. The fourth-order valence-electron chi connectivity index (χ4n) is 1.81. The van der Waals surface area contributed by atoms with E-state index in [2.05, 4.69) is 36.5 Å². The monoisotopic (exact) mass is 275 g/mol. The number of benzene rings is 1. The van der Waals surface area contributed by atoms with Crippen LogP contribution in [0.15, 0.2) is 36.4 Å². The molecule has 0 saturated carbocycles. The summed E-state index contributed by atoms with van der Waals surface area (Å²) in [5.74, 6) is -0.781. The highest BCUT2D eigenvalue weighted by molar-refractivity contribution is 7.12. The molecule has 0 fully saturated rings. The van der Waals surface area contributed by atoms with E-state index in [9.17, 15) is 4.79 Å². The first kappa shape index (κ1) is 13.6. The van der Waals surface area contributed by atoms with Gasteiger partial charge in [0, 0.05) is 22.0 Å². The Kier molecular flexibility index (Phi) is 4.58. The number of carbonyl (C=O) groups is 1. The lowest BCUT2D eigenvalue weighted by atomic mass is 10.1. The lowest BCUT2D eigenvalue weighted by Crippen LogP contribution is -1.98. The van der Waals surface area contributed by atoms with Gasteiger partial charge < -0.3 is 10.4 Å². The van der Waals surface area contributed by atoms with Gasteiger partial charge in [-0.1, -0.05) is 19.1 Å². The van der Waals surface area contributed by atoms with E-state index in [4.69, 9.17) is 5.11 Å². The van der Waals surface area contributed by atoms with E-state index in [0.717, 1.165) is 28.4 Å². The van der Waals surface area contributed by atoms with Crippen LogP contribution in [0.4, 0.5) is 5.69 Å². The standard InChI is InChI=1S/C15H17NO2S/c1-2-11-3-5-12(6-4-11)16-10-14-8-7-13(19-14)9-15(17)18/h3-8,16H,2,9-10H2,1H3,(H,17,18). The number of nitrogens with one attached hydrogen (secondary N) is 1. The molecule has 0 aliphatic rings. The maximum absolute atomic E-state index is 10.6. The van der Waals surface area contributed by atoms with Gasteiger partial charge in [0.05, 0.1) is 6.42 Å². The SMILES string of the molecule is CCc1ccc(NCc2ccc(CC(=O)O)s2)cc1. The summed E-state index contributed by atoms with van der Waals surface area (Å²) in [7, 11) is 0. The van der Waals surface area contributed by atoms with Crippen molar-refractivity contribution in [1.29, 1.82) is 0 Å². The first-order valence-corrected chi connectivity index (χ1v) is 7.11. The van der Waals surface area contributed by atoms with Crippen molar-refractivity contribution in [2.24, 2.45) is 0 Å². The molecule has 1 aromatic carbocycles. The van der Waals surface area contributed by atoms with Crippen molar-refractivity contribution >= 4 is 23.0 Å². The first-order chi connectivity index (χ1) is 9.17. The Morgan fingerprint density at radius 3 is 2.47 bits per heavy atom. The van der Waals surface area contributed by atoms with Gasteiger partial charge in [-0.15, -0.1) is 11.3 Å². The van der Waals surface area contributed by atoms with Crippen molar-refractivity contribution in [3.8, 4) is 0 Å². The molecular formula is C15H17NO2S. The highest BCUT2D eigenvalue weighted by atomic mass is 32.1. The number of hydrogen-bond acceptors (Lipinski definition) is 3. The minimum atomic E-state index is -0.781. The zero-order valence-corrected chi connectivity index (χ0v) is 11.7. The van der Waals surface area contributed by atoms with Crippen LogP contribution in [0.1, 0.15) is 22.2 Å². The Morgan fingerprint density at radius 2 is 1.84 bits per heavy atom. The fourth-order valence-corrected chi connectivity index (χ4v) is 2.76. The summed E-state index contributed by atoms with van der Waals surface area (Å²) in [6, 6.07) is 12.3. The summed E-state index contributed by atoms with van der Waals surface area (Å²) < 4.78 is 0. The number of carboxylic acid groups (broad SMARTS) is 1. The summed E-state index contributed by atoms with van der Waals surface area (Å²) >= 11 is 1.54. The van der Waals surface area contributed by atoms with Crippen molar-refractivity contribution in [3.63, 3.8) is 0 Å². The van der Waals surface area contributed by atoms with Crippen LogP contribution in [-0.4, -0.2) is 11.1 Å². The zero-order valence-electron chi connectivity index (χ0n) is 10.8. The van der Waals surface area contributed by atoms with Gasteiger partial charge in [-0.3, -0.25) is 4.79 Å². The predicted octanol–water partition coefficient (Wildman–Crippen LogP) is 3.55. The second-order valence-corrected chi connectivity index (χ2v) is 5.60. The molecule has 0 aliphatic heterocycles. The lowest BCUT2D eigenvalue weighted by molar-refractivity contribution is -0.136. The smallest absolute Gasteiger partial charge is 0.308 e. The molecule has 1 heterocycles. The minimum Gasteiger partial charge on any atom is -0.481 e. The van der Waals surface area contributed by atoms with E-state index in [1.54, 1.807) is 11.3 Å². The highest BCUT2D eigenvalue weighted by Crippen LogP contribution is 2.19. The van der Waals surface area contributed by atoms with Gasteiger partial charge >= 0.3 is 5.97 Å². The Morgan fingerprint density at radius 1 is 1.16 bits per heavy atom. The summed E-state index contributed by atoms with van der Waals surface area (Å²) in [6.07, 6.45) is 1.15. The summed E-state index contributed by atoms with van der Waals surface area (Å²) in [5.41, 5.74) is 2.41. The summed E-state index contributed by atoms with van der Waals surface area (Å²) in [5, 5.41) is 12.1. The molecule has 4 heteroatoms. The van der Waals surface area contributed by atoms with Gasteiger partial charge in [-0.05, 0) is 36.2 Å². The van der Waals surface area contributed by atoms with Gasteiger partial charge in [0.15, 0.2) is 0 Å². The third kappa shape index (κ3) is 4.10. The van der Waals surface area contributed by atoms with E-state index in [1.807, 2.05) is 12.1 Å². The van der Waals surface area contributed by atoms with E-state index < -0.39 is 5.97 Å². The van der Waals surface area contributed by atoms with Gasteiger partial charge in [-0.2, -0.15) is 0 Å². The normalized spacial score (nSPS) is 10.4. The van der Waals surface area contributed by atoms with Gasteiger partial charge in [0.2, 0.25) is 0 Å². The maximum atomic E-state index is 10.6. The van der Waals surface area contributed by atoms with Gasteiger partial charge in [-0.25, -0.2) is 0 Å². The third-order valence-corrected chi connectivity index (χ3v) is 3.96. The van der Waals surface area contributed by atoms with Crippen LogP contribution in [0.25, 0.3) is 0 Å². The molecule has 1 aromatic heterocycles. The third-order valence-electron chi connectivity index (χ3n) is 2.87. The number of aryl methyl sites for hydroxylation is 1. The Labute approximate surface area is 116 Å². The molecular weight excluding hydrogens is 258 g/mol. The van der Waals surface area contributed by atoms with Gasteiger partial charge in [0.25, 0.3) is 0 Å². The Balaban J connectivity index is 1.90. The van der Waals surface area contributed by atoms with E-state index in [1.165, 1.54) is 5.56 Å². The molecule has 0 bridgehead atoms. The van der Waals surface area contributed by atoms with Crippen LogP contribution in [0.2, 0.25) is 0 Å². The van der Waals surface area contributed by atoms with Crippen molar-refractivity contribution in [2.75, 3.05) is 5.32 Å². The average molecular weight is 275 g/mol. The van der Waals surface area contributed by atoms with E-state index in [-0.39, 0.29) is 6.42 Å². The van der Waals surface area contributed by atoms with Gasteiger partial charge in [0.1, 0.15) is 0 Å². The second kappa shape index (κ2) is 6.38.